The highest BCUT2D eigenvalue weighted by molar-refractivity contribution is 7.92. The molecule has 1 aliphatic carbocycles. The predicted molar refractivity (Wildman–Crippen MR) is 136 cm³/mol. The first-order valence-electron chi connectivity index (χ1n) is 11.4. The average Bonchev–Trinajstić information content (AvgIpc) is 2.79. The second-order valence-electron chi connectivity index (χ2n) is 8.98. The Labute approximate surface area is 212 Å². The Morgan fingerprint density at radius 3 is 2.03 bits per heavy atom. The van der Waals surface area contributed by atoms with Gasteiger partial charge in [-0.1, -0.05) is 75.7 Å². The molecule has 0 saturated heterocycles. The van der Waals surface area contributed by atoms with Crippen molar-refractivity contribution in [1.82, 2.24) is 0 Å². The number of sulfone groups is 1. The minimum Gasteiger partial charge on any atom is -0.369 e. The minimum absolute atomic E-state index is 0.0577. The number of hydrogen-bond acceptors (Lipinski definition) is 5. The van der Waals surface area contributed by atoms with Crippen LogP contribution in [-0.4, -0.2) is 31.6 Å². The van der Waals surface area contributed by atoms with Gasteiger partial charge in [0.2, 0.25) is 10.5 Å². The molecule has 34 heavy (non-hydrogen) atoms. The first-order chi connectivity index (χ1) is 16.0. The Morgan fingerprint density at radius 2 is 1.53 bits per heavy atom. The van der Waals surface area contributed by atoms with Crippen LogP contribution in [-0.2, 0) is 24.2 Å². The molecule has 1 fully saturated rings. The summed E-state index contributed by atoms with van der Waals surface area (Å²) in [5, 5.41) is -2.68. The van der Waals surface area contributed by atoms with E-state index in [0.29, 0.717) is 23.3 Å². The third-order valence-corrected chi connectivity index (χ3v) is 8.56. The zero-order valence-corrected chi connectivity index (χ0v) is 22.0. The van der Waals surface area contributed by atoms with Crippen molar-refractivity contribution in [3.05, 3.63) is 66.2 Å². The molecule has 186 valence electrons. The summed E-state index contributed by atoms with van der Waals surface area (Å²) in [4.78, 5) is 22.3. The van der Waals surface area contributed by atoms with Gasteiger partial charge in [0, 0.05) is 0 Å². The van der Waals surface area contributed by atoms with Gasteiger partial charge in [-0.25, -0.2) is 8.42 Å². The van der Waals surface area contributed by atoms with Gasteiger partial charge in [-0.15, -0.1) is 0 Å². The van der Waals surface area contributed by atoms with Crippen LogP contribution in [0.4, 0.5) is 0 Å². The van der Waals surface area contributed by atoms with E-state index in [-0.39, 0.29) is 17.6 Å². The monoisotopic (exact) mass is 526 g/mol. The highest BCUT2D eigenvalue weighted by atomic mass is 35.5. The maximum absolute atomic E-state index is 12.5. The van der Waals surface area contributed by atoms with Crippen molar-refractivity contribution in [3.8, 4) is 0 Å². The summed E-state index contributed by atoms with van der Waals surface area (Å²) >= 11 is 10.8. The molecule has 5 nitrogen and oxygen atoms in total. The standard InChI is InChI=1S/C14H11ClO3S.C12H21ClO2/c15-14(16)13(11-7-3-1-4-8-11)19(17,18)12-9-5-2-6-10-12;1-8(2)10-5-4-9(3)6-11(10)15-7-12(13)14/h1-10,13H;8-11H,4-7H2,1-3H3. The first kappa shape index (κ1) is 28.5. The van der Waals surface area contributed by atoms with Crippen molar-refractivity contribution < 1.29 is 22.7 Å². The van der Waals surface area contributed by atoms with Crippen LogP contribution < -0.4 is 0 Å². The number of benzene rings is 2. The zero-order valence-electron chi connectivity index (χ0n) is 19.7. The lowest BCUT2D eigenvalue weighted by molar-refractivity contribution is -0.121. The van der Waals surface area contributed by atoms with E-state index in [9.17, 15) is 18.0 Å². The van der Waals surface area contributed by atoms with Crippen LogP contribution in [0.25, 0.3) is 0 Å². The Kier molecular flexibility index (Phi) is 11.2. The van der Waals surface area contributed by atoms with E-state index < -0.39 is 25.6 Å². The highest BCUT2D eigenvalue weighted by Crippen LogP contribution is 2.35. The second-order valence-corrected chi connectivity index (χ2v) is 11.8. The molecule has 2 aromatic rings. The van der Waals surface area contributed by atoms with Gasteiger partial charge in [0.1, 0.15) is 6.61 Å². The SMILES string of the molecule is CC1CCC(C(C)C)C(OCC(=O)Cl)C1.O=C(Cl)C(c1ccccc1)S(=O)(=O)c1ccccc1. The normalized spacial score (nSPS) is 21.3. The molecule has 0 amide bonds. The third-order valence-electron chi connectivity index (χ3n) is 6.06. The predicted octanol–water partition coefficient (Wildman–Crippen LogP) is 6.20. The molecule has 4 atom stereocenters. The van der Waals surface area contributed by atoms with Crippen molar-refractivity contribution in [2.24, 2.45) is 17.8 Å². The van der Waals surface area contributed by atoms with E-state index in [0.717, 1.165) is 6.42 Å². The number of ether oxygens (including phenoxy) is 1. The van der Waals surface area contributed by atoms with Crippen LogP contribution in [0.2, 0.25) is 0 Å². The lowest BCUT2D eigenvalue weighted by atomic mass is 9.75. The fourth-order valence-electron chi connectivity index (χ4n) is 4.29. The van der Waals surface area contributed by atoms with Gasteiger partial charge in [0.05, 0.1) is 11.0 Å². The van der Waals surface area contributed by atoms with E-state index in [1.54, 1.807) is 48.5 Å². The lowest BCUT2D eigenvalue weighted by Gasteiger charge is -2.36. The van der Waals surface area contributed by atoms with Gasteiger partial charge in [-0.05, 0) is 71.5 Å². The summed E-state index contributed by atoms with van der Waals surface area (Å²) in [6.07, 6.45) is 3.77. The highest BCUT2D eigenvalue weighted by Gasteiger charge is 2.34. The van der Waals surface area contributed by atoms with Crippen LogP contribution in [0.1, 0.15) is 50.8 Å². The number of carbonyl (C=O) groups excluding carboxylic acids is 2. The molecule has 2 aromatic carbocycles. The second kappa shape index (κ2) is 13.4. The topological polar surface area (TPSA) is 77.5 Å². The molecule has 0 N–H and O–H groups in total. The molecule has 0 heterocycles. The molecule has 1 aliphatic rings. The maximum atomic E-state index is 12.5. The fraction of sp³-hybridized carbons (Fsp3) is 0.462. The van der Waals surface area contributed by atoms with Crippen molar-refractivity contribution in [3.63, 3.8) is 0 Å². The zero-order chi connectivity index (χ0) is 25.3. The largest absolute Gasteiger partial charge is 0.369 e. The molecular weight excluding hydrogens is 495 g/mol. The van der Waals surface area contributed by atoms with Crippen LogP contribution in [0, 0.1) is 17.8 Å². The molecule has 0 spiro atoms. The summed E-state index contributed by atoms with van der Waals surface area (Å²) < 4.78 is 30.5. The molecule has 0 aliphatic heterocycles. The molecule has 1 saturated carbocycles. The van der Waals surface area contributed by atoms with Gasteiger partial charge < -0.3 is 4.74 Å². The van der Waals surface area contributed by atoms with Crippen molar-refractivity contribution in [2.75, 3.05) is 6.61 Å². The van der Waals surface area contributed by atoms with Crippen LogP contribution in [0.5, 0.6) is 0 Å². The van der Waals surface area contributed by atoms with E-state index >= 15 is 0 Å². The van der Waals surface area contributed by atoms with Crippen molar-refractivity contribution in [2.45, 2.75) is 56.3 Å². The lowest BCUT2D eigenvalue weighted by Crippen LogP contribution is -2.35. The third kappa shape index (κ3) is 8.19. The van der Waals surface area contributed by atoms with Gasteiger partial charge >= 0.3 is 0 Å². The van der Waals surface area contributed by atoms with E-state index in [2.05, 4.69) is 20.8 Å². The summed E-state index contributed by atoms with van der Waals surface area (Å²) in [5.41, 5.74) is 0.367. The molecular formula is C26H32Cl2O5S. The van der Waals surface area contributed by atoms with E-state index in [4.69, 9.17) is 27.9 Å². The summed E-state index contributed by atoms with van der Waals surface area (Å²) in [7, 11) is -3.83. The van der Waals surface area contributed by atoms with Crippen LogP contribution in [0.15, 0.2) is 65.6 Å². The molecule has 0 bridgehead atoms. The smallest absolute Gasteiger partial charge is 0.247 e. The Hall–Kier alpha value is -1.73. The molecule has 3 rings (SSSR count). The molecule has 0 aromatic heterocycles. The van der Waals surface area contributed by atoms with Crippen molar-refractivity contribution >= 4 is 43.5 Å². The first-order valence-corrected chi connectivity index (χ1v) is 13.7. The Morgan fingerprint density at radius 1 is 0.971 bits per heavy atom. The number of rotatable bonds is 8. The van der Waals surface area contributed by atoms with Gasteiger partial charge in [0.25, 0.3) is 0 Å². The minimum atomic E-state index is -3.83. The summed E-state index contributed by atoms with van der Waals surface area (Å²) in [6.45, 7) is 6.75. The number of carbonyl (C=O) groups is 2. The Balaban J connectivity index is 0.000000248. The number of halogens is 2. The van der Waals surface area contributed by atoms with E-state index in [1.165, 1.54) is 25.0 Å². The average molecular weight is 528 g/mol. The maximum Gasteiger partial charge on any atom is 0.247 e. The van der Waals surface area contributed by atoms with Gasteiger partial charge in [-0.3, -0.25) is 9.59 Å². The van der Waals surface area contributed by atoms with E-state index in [1.807, 2.05) is 0 Å². The molecule has 4 unspecified atom stereocenters. The molecule has 0 radical (unpaired) electrons. The summed E-state index contributed by atoms with van der Waals surface area (Å²) in [5.74, 6) is 1.90. The van der Waals surface area contributed by atoms with Crippen molar-refractivity contribution in [1.29, 1.82) is 0 Å². The van der Waals surface area contributed by atoms with Crippen LogP contribution >= 0.6 is 23.2 Å². The molecule has 8 heteroatoms. The number of hydrogen-bond donors (Lipinski definition) is 0. The summed E-state index contributed by atoms with van der Waals surface area (Å²) in [6, 6.07) is 16.0. The van der Waals surface area contributed by atoms with Gasteiger partial charge in [-0.2, -0.15) is 0 Å². The Bertz CT molecular complexity index is 1030. The quantitative estimate of drug-likeness (QED) is 0.382. The fourth-order valence-corrected chi connectivity index (χ4v) is 6.39. The van der Waals surface area contributed by atoms with Crippen LogP contribution in [0.3, 0.4) is 0 Å². The van der Waals surface area contributed by atoms with Gasteiger partial charge in [0.15, 0.2) is 15.1 Å².